The predicted octanol–water partition coefficient (Wildman–Crippen LogP) is 7.48. The topological polar surface area (TPSA) is 40.0 Å². The quantitative estimate of drug-likeness (QED) is 0.418. The molecule has 31 heavy (non-hydrogen) atoms. The van der Waals surface area contributed by atoms with Crippen LogP contribution in [-0.2, 0) is 14.3 Å². The van der Waals surface area contributed by atoms with Gasteiger partial charge in [-0.05, 0) is 71.3 Å². The lowest BCUT2D eigenvalue weighted by Gasteiger charge is -2.50. The lowest BCUT2D eigenvalue weighted by Crippen LogP contribution is -2.55. The van der Waals surface area contributed by atoms with E-state index in [1.807, 2.05) is 0 Å². The number of ether oxygens (including phenoxy) is 2. The van der Waals surface area contributed by atoms with Gasteiger partial charge in [0, 0.05) is 11.8 Å². The van der Waals surface area contributed by atoms with E-state index in [0.717, 1.165) is 0 Å². The molecule has 4 atom stereocenters. The zero-order valence-electron chi connectivity index (χ0n) is 22.9. The molecule has 4 heteroatoms. The number of nitrogens with zero attached hydrogens (tertiary/aromatic N) is 1. The van der Waals surface area contributed by atoms with E-state index in [1.54, 1.807) is 0 Å². The fraction of sp³-hybridized carbons (Fsp3) is 0.889. The molecule has 0 N–H and O–H groups in total. The van der Waals surface area contributed by atoms with Gasteiger partial charge in [0.05, 0.1) is 17.4 Å². The molecule has 0 aliphatic carbocycles. The third kappa shape index (κ3) is 7.32. The summed E-state index contributed by atoms with van der Waals surface area (Å²) in [4.78, 5) is 5.48. The van der Waals surface area contributed by atoms with Gasteiger partial charge in [-0.1, -0.05) is 66.1 Å². The Balaban J connectivity index is 0.000000327. The third-order valence-corrected chi connectivity index (χ3v) is 6.42. The first kappa shape index (κ1) is 28.2. The largest absolute Gasteiger partial charge is 0.389 e. The lowest BCUT2D eigenvalue weighted by molar-refractivity contribution is -0.296. The van der Waals surface area contributed by atoms with Gasteiger partial charge >= 0.3 is 0 Å². The number of hydrogen-bond acceptors (Lipinski definition) is 4. The van der Waals surface area contributed by atoms with Gasteiger partial charge in [-0.15, -0.1) is 0 Å². The van der Waals surface area contributed by atoms with Crippen LogP contribution in [0.5, 0.6) is 0 Å². The van der Waals surface area contributed by atoms with Gasteiger partial charge in [0.1, 0.15) is 5.60 Å². The maximum atomic E-state index is 6.17. The van der Waals surface area contributed by atoms with Crippen molar-refractivity contribution in [2.24, 2.45) is 40.7 Å². The Morgan fingerprint density at radius 1 is 0.839 bits per heavy atom. The molecule has 0 amide bonds. The van der Waals surface area contributed by atoms with Crippen molar-refractivity contribution in [1.82, 2.24) is 0 Å². The molecule has 4 nitrogen and oxygen atoms in total. The molecule has 182 valence electrons. The summed E-state index contributed by atoms with van der Waals surface area (Å²) in [5, 5.41) is 4.21. The van der Waals surface area contributed by atoms with E-state index >= 15 is 0 Å². The van der Waals surface area contributed by atoms with Crippen LogP contribution in [0.15, 0.2) is 16.8 Å². The van der Waals surface area contributed by atoms with Crippen molar-refractivity contribution in [2.45, 2.75) is 121 Å². The molecule has 0 spiro atoms. The summed E-state index contributed by atoms with van der Waals surface area (Å²) < 4.78 is 12.3. The second-order valence-electron chi connectivity index (χ2n) is 12.0. The third-order valence-electron chi connectivity index (χ3n) is 6.42. The smallest absolute Gasteiger partial charge is 0.178 e. The van der Waals surface area contributed by atoms with Gasteiger partial charge in [0.15, 0.2) is 6.29 Å². The highest BCUT2D eigenvalue weighted by molar-refractivity contribution is 5.90. The molecule has 2 aliphatic heterocycles. The van der Waals surface area contributed by atoms with Crippen molar-refractivity contribution in [3.05, 3.63) is 11.6 Å². The Bertz CT molecular complexity index is 624. The Kier molecular flexibility index (Phi) is 9.84. The number of oxime groups is 1. The Morgan fingerprint density at radius 2 is 1.39 bits per heavy atom. The minimum Gasteiger partial charge on any atom is -0.389 e. The van der Waals surface area contributed by atoms with E-state index < -0.39 is 0 Å². The van der Waals surface area contributed by atoms with Crippen molar-refractivity contribution in [2.75, 3.05) is 0 Å². The fourth-order valence-electron chi connectivity index (χ4n) is 5.39. The van der Waals surface area contributed by atoms with Crippen LogP contribution < -0.4 is 0 Å². The summed E-state index contributed by atoms with van der Waals surface area (Å²) in [6.45, 7) is 30.6. The number of allylic oxidation sites excluding steroid dienone is 1. The number of rotatable bonds is 5. The molecule has 0 aromatic heterocycles. The summed E-state index contributed by atoms with van der Waals surface area (Å²) in [6, 6.07) is 0. The van der Waals surface area contributed by atoms with Crippen LogP contribution in [0, 0.1) is 35.5 Å². The van der Waals surface area contributed by atoms with Crippen molar-refractivity contribution >= 4 is 5.71 Å². The lowest BCUT2D eigenvalue weighted by atomic mass is 9.74. The minimum atomic E-state index is -0.201. The molecule has 0 radical (unpaired) electrons. The molecule has 1 saturated heterocycles. The van der Waals surface area contributed by atoms with Gasteiger partial charge in [0.2, 0.25) is 0 Å². The van der Waals surface area contributed by atoms with Crippen LogP contribution >= 0.6 is 0 Å². The molecular weight excluding hydrogens is 386 g/mol. The Hall–Kier alpha value is -0.870. The van der Waals surface area contributed by atoms with Crippen LogP contribution in [-0.4, -0.2) is 29.3 Å². The highest BCUT2D eigenvalue weighted by Crippen LogP contribution is 2.41. The van der Waals surface area contributed by atoms with Crippen molar-refractivity contribution < 1.29 is 14.3 Å². The van der Waals surface area contributed by atoms with Gasteiger partial charge in [0.25, 0.3) is 0 Å². The summed E-state index contributed by atoms with van der Waals surface area (Å²) >= 11 is 0. The van der Waals surface area contributed by atoms with Crippen LogP contribution in [0.2, 0.25) is 0 Å². The first-order chi connectivity index (χ1) is 14.0. The van der Waals surface area contributed by atoms with E-state index in [1.165, 1.54) is 11.3 Å². The first-order valence-corrected chi connectivity index (χ1v) is 12.3. The van der Waals surface area contributed by atoms with Gasteiger partial charge < -0.3 is 14.3 Å². The molecule has 4 unspecified atom stereocenters. The van der Waals surface area contributed by atoms with Crippen molar-refractivity contribution in [1.29, 1.82) is 0 Å². The summed E-state index contributed by atoms with van der Waals surface area (Å²) in [6.07, 6.45) is 2.13. The highest BCUT2D eigenvalue weighted by Gasteiger charge is 2.46. The van der Waals surface area contributed by atoms with Gasteiger partial charge in [-0.3, -0.25) is 0 Å². The molecule has 0 bridgehead atoms. The molecule has 2 rings (SSSR count). The first-order valence-electron chi connectivity index (χ1n) is 12.3. The maximum absolute atomic E-state index is 6.17. The van der Waals surface area contributed by atoms with E-state index in [9.17, 15) is 0 Å². The molecular formula is C27H51NO3. The van der Waals surface area contributed by atoms with E-state index in [2.05, 4.69) is 108 Å². The highest BCUT2D eigenvalue weighted by atomic mass is 16.7. The van der Waals surface area contributed by atoms with Crippen LogP contribution in [0.1, 0.15) is 96.9 Å². The second-order valence-corrected chi connectivity index (χ2v) is 12.0. The average molecular weight is 438 g/mol. The standard InChI is InChI=1S/C16H30O2.C11H21NO/c1-10(2)9-13-17-15(12(5)6)14(11(3)4)16(7,8)18-13;1-7(2)9-10(8(3)4)12-13-11(9,5)6/h9,11-15H,1-8H3;7-9H,1-6H3. The molecule has 2 aliphatic rings. The van der Waals surface area contributed by atoms with Crippen molar-refractivity contribution in [3.8, 4) is 0 Å². The van der Waals surface area contributed by atoms with Crippen LogP contribution in [0.3, 0.4) is 0 Å². The normalized spacial score (nSPS) is 29.5. The van der Waals surface area contributed by atoms with Crippen molar-refractivity contribution in [3.63, 3.8) is 0 Å². The maximum Gasteiger partial charge on any atom is 0.178 e. The zero-order valence-corrected chi connectivity index (χ0v) is 22.9. The molecule has 0 aromatic carbocycles. The van der Waals surface area contributed by atoms with E-state index in [0.29, 0.717) is 35.5 Å². The summed E-state index contributed by atoms with van der Waals surface area (Å²) in [5.74, 6) is 3.05. The minimum absolute atomic E-state index is 0.117. The fourth-order valence-corrected chi connectivity index (χ4v) is 5.39. The molecule has 0 aromatic rings. The SMILES string of the molecule is CC(C)=CC1OC(C(C)C)C(C(C)C)C(C)(C)O1.CC(C)C1=NOC(C)(C)C1C(C)C. The average Bonchev–Trinajstić information content (AvgIpc) is 2.88. The Morgan fingerprint density at radius 3 is 1.74 bits per heavy atom. The number of hydrogen-bond donors (Lipinski definition) is 0. The van der Waals surface area contributed by atoms with Gasteiger partial charge in [-0.2, -0.15) is 0 Å². The van der Waals surface area contributed by atoms with Crippen LogP contribution in [0.4, 0.5) is 0 Å². The predicted molar refractivity (Wildman–Crippen MR) is 132 cm³/mol. The van der Waals surface area contributed by atoms with Crippen LogP contribution in [0.25, 0.3) is 0 Å². The molecule has 1 fully saturated rings. The monoisotopic (exact) mass is 437 g/mol. The van der Waals surface area contributed by atoms with E-state index in [-0.39, 0.29) is 23.6 Å². The summed E-state index contributed by atoms with van der Waals surface area (Å²) in [5.41, 5.74) is 2.20. The van der Waals surface area contributed by atoms with E-state index in [4.69, 9.17) is 14.3 Å². The molecule has 2 heterocycles. The summed E-state index contributed by atoms with van der Waals surface area (Å²) in [7, 11) is 0. The molecule has 0 saturated carbocycles. The zero-order chi connectivity index (χ0) is 24.3. The van der Waals surface area contributed by atoms with Gasteiger partial charge in [-0.25, -0.2) is 0 Å². The second kappa shape index (κ2) is 10.8. The Labute approximate surface area is 193 Å².